The summed E-state index contributed by atoms with van der Waals surface area (Å²) >= 11 is 0. The zero-order valence-corrected chi connectivity index (χ0v) is 10.7. The molecule has 1 aliphatic heterocycles. The van der Waals surface area contributed by atoms with Crippen LogP contribution in [0.15, 0.2) is 4.52 Å². The van der Waals surface area contributed by atoms with Crippen LogP contribution in [0, 0.1) is 0 Å². The summed E-state index contributed by atoms with van der Waals surface area (Å²) in [6.07, 6.45) is 1.75. The van der Waals surface area contributed by atoms with Crippen molar-refractivity contribution in [2.75, 3.05) is 6.54 Å². The van der Waals surface area contributed by atoms with Gasteiger partial charge in [0.15, 0.2) is 5.82 Å². The summed E-state index contributed by atoms with van der Waals surface area (Å²) in [5.74, 6) is 0.635. The van der Waals surface area contributed by atoms with Gasteiger partial charge in [-0.3, -0.25) is 9.69 Å². The van der Waals surface area contributed by atoms with E-state index in [0.29, 0.717) is 18.3 Å². The van der Waals surface area contributed by atoms with E-state index in [2.05, 4.69) is 10.1 Å². The quantitative estimate of drug-likeness (QED) is 0.763. The van der Waals surface area contributed by atoms with Gasteiger partial charge in [0, 0.05) is 0 Å². The molecule has 7 nitrogen and oxygen atoms in total. The summed E-state index contributed by atoms with van der Waals surface area (Å²) in [6, 6.07) is -0.230. The third-order valence-electron chi connectivity index (χ3n) is 3.07. The largest absolute Gasteiger partial charge is 0.368 e. The molecule has 1 fully saturated rings. The zero-order chi connectivity index (χ0) is 13.3. The molecule has 1 atom stereocenters. The maximum Gasteiger partial charge on any atom is 0.240 e. The van der Waals surface area contributed by atoms with Crippen molar-refractivity contribution in [1.82, 2.24) is 15.0 Å². The fourth-order valence-corrected chi connectivity index (χ4v) is 2.09. The van der Waals surface area contributed by atoms with Crippen LogP contribution in [-0.2, 0) is 16.9 Å². The second kappa shape index (κ2) is 4.66. The van der Waals surface area contributed by atoms with Gasteiger partial charge in [-0.1, -0.05) is 5.16 Å². The molecule has 4 N–H and O–H groups in total. The smallest absolute Gasteiger partial charge is 0.240 e. The molecular formula is C11H19N5O2. The molecule has 7 heteroatoms. The molecule has 100 valence electrons. The summed E-state index contributed by atoms with van der Waals surface area (Å²) in [7, 11) is 0. The lowest BCUT2D eigenvalue weighted by molar-refractivity contribution is -0.122. The minimum Gasteiger partial charge on any atom is -0.368 e. The molecule has 0 radical (unpaired) electrons. The minimum atomic E-state index is -0.629. The highest BCUT2D eigenvalue weighted by atomic mass is 16.5. The summed E-state index contributed by atoms with van der Waals surface area (Å²) in [4.78, 5) is 17.5. The lowest BCUT2D eigenvalue weighted by Crippen LogP contribution is -2.39. The van der Waals surface area contributed by atoms with Gasteiger partial charge in [0.25, 0.3) is 0 Å². The van der Waals surface area contributed by atoms with Gasteiger partial charge in [0.05, 0.1) is 18.1 Å². The fraction of sp³-hybridized carbons (Fsp3) is 0.727. The molecule has 0 aromatic carbocycles. The van der Waals surface area contributed by atoms with Crippen LogP contribution in [-0.4, -0.2) is 33.5 Å². The van der Waals surface area contributed by atoms with Gasteiger partial charge in [-0.25, -0.2) is 0 Å². The zero-order valence-electron chi connectivity index (χ0n) is 10.7. The molecular weight excluding hydrogens is 234 g/mol. The van der Waals surface area contributed by atoms with Gasteiger partial charge < -0.3 is 16.0 Å². The molecule has 0 aliphatic carbocycles. The Morgan fingerprint density at radius 1 is 1.61 bits per heavy atom. The van der Waals surface area contributed by atoms with Gasteiger partial charge in [0.2, 0.25) is 11.8 Å². The number of primary amides is 1. The predicted octanol–water partition coefficient (Wildman–Crippen LogP) is -0.287. The molecule has 1 aromatic heterocycles. The van der Waals surface area contributed by atoms with Crippen molar-refractivity contribution in [3.8, 4) is 0 Å². The molecule has 0 spiro atoms. The van der Waals surface area contributed by atoms with Crippen LogP contribution < -0.4 is 11.5 Å². The lowest BCUT2D eigenvalue weighted by Gasteiger charge is -2.19. The van der Waals surface area contributed by atoms with E-state index < -0.39 is 5.54 Å². The van der Waals surface area contributed by atoms with Crippen molar-refractivity contribution in [2.24, 2.45) is 11.5 Å². The van der Waals surface area contributed by atoms with Crippen LogP contribution in [0.3, 0.4) is 0 Å². The Hall–Kier alpha value is -1.47. The first kappa shape index (κ1) is 13.0. The molecule has 2 heterocycles. The number of rotatable bonds is 4. The summed E-state index contributed by atoms with van der Waals surface area (Å²) in [5.41, 5.74) is 10.6. The molecule has 1 amide bonds. The van der Waals surface area contributed by atoms with Crippen LogP contribution in [0.25, 0.3) is 0 Å². The van der Waals surface area contributed by atoms with Gasteiger partial charge in [-0.2, -0.15) is 4.98 Å². The van der Waals surface area contributed by atoms with E-state index in [-0.39, 0.29) is 11.9 Å². The van der Waals surface area contributed by atoms with Gasteiger partial charge in [-0.05, 0) is 33.2 Å². The predicted molar refractivity (Wildman–Crippen MR) is 64.1 cm³/mol. The Labute approximate surface area is 105 Å². The summed E-state index contributed by atoms with van der Waals surface area (Å²) in [5, 5.41) is 3.85. The van der Waals surface area contributed by atoms with Gasteiger partial charge >= 0.3 is 0 Å². The Balaban J connectivity index is 2.05. The van der Waals surface area contributed by atoms with E-state index in [1.807, 2.05) is 18.7 Å². The molecule has 1 aromatic rings. The number of aromatic nitrogens is 2. The van der Waals surface area contributed by atoms with E-state index >= 15 is 0 Å². The number of hydrogen-bond acceptors (Lipinski definition) is 6. The SMILES string of the molecule is CC(C)(N)c1noc(CN2CCCC2C(N)=O)n1. The number of nitrogens with zero attached hydrogens (tertiary/aromatic N) is 3. The Morgan fingerprint density at radius 2 is 2.33 bits per heavy atom. The second-order valence-corrected chi connectivity index (χ2v) is 5.26. The van der Waals surface area contributed by atoms with Crippen LogP contribution >= 0.6 is 0 Å². The first-order valence-electron chi connectivity index (χ1n) is 6.03. The number of hydrogen-bond donors (Lipinski definition) is 2. The molecule has 1 unspecified atom stereocenters. The topological polar surface area (TPSA) is 111 Å². The Kier molecular flexibility index (Phi) is 3.36. The average molecular weight is 253 g/mol. The highest BCUT2D eigenvalue weighted by Gasteiger charge is 2.31. The number of carbonyl (C=O) groups excluding carboxylic acids is 1. The van der Waals surface area contributed by atoms with Crippen LogP contribution in [0.2, 0.25) is 0 Å². The van der Waals surface area contributed by atoms with E-state index in [1.165, 1.54) is 0 Å². The molecule has 1 aliphatic rings. The van der Waals surface area contributed by atoms with Crippen molar-refractivity contribution in [3.63, 3.8) is 0 Å². The molecule has 18 heavy (non-hydrogen) atoms. The second-order valence-electron chi connectivity index (χ2n) is 5.26. The maximum atomic E-state index is 11.3. The van der Waals surface area contributed by atoms with Crippen molar-refractivity contribution in [1.29, 1.82) is 0 Å². The third-order valence-corrected chi connectivity index (χ3v) is 3.07. The van der Waals surface area contributed by atoms with Crippen molar-refractivity contribution in [2.45, 2.75) is 44.8 Å². The maximum absolute atomic E-state index is 11.3. The van der Waals surface area contributed by atoms with Crippen LogP contribution in [0.5, 0.6) is 0 Å². The highest BCUT2D eigenvalue weighted by Crippen LogP contribution is 2.20. The third kappa shape index (κ3) is 2.68. The standard InChI is InChI=1S/C11H19N5O2/c1-11(2,13)10-14-8(18-15-10)6-16-5-3-4-7(16)9(12)17/h7H,3-6,13H2,1-2H3,(H2,12,17). The number of likely N-dealkylation sites (tertiary alicyclic amines) is 1. The first-order valence-corrected chi connectivity index (χ1v) is 6.03. The van der Waals surface area contributed by atoms with Crippen molar-refractivity contribution >= 4 is 5.91 Å². The number of amides is 1. The van der Waals surface area contributed by atoms with Gasteiger partial charge in [0.1, 0.15) is 0 Å². The van der Waals surface area contributed by atoms with E-state index in [0.717, 1.165) is 19.4 Å². The van der Waals surface area contributed by atoms with Crippen molar-refractivity contribution in [3.05, 3.63) is 11.7 Å². The molecule has 0 saturated carbocycles. The van der Waals surface area contributed by atoms with E-state index in [1.54, 1.807) is 0 Å². The van der Waals surface area contributed by atoms with Crippen LogP contribution in [0.4, 0.5) is 0 Å². The molecule has 2 rings (SSSR count). The summed E-state index contributed by atoms with van der Waals surface area (Å²) in [6.45, 7) is 4.88. The Morgan fingerprint density at radius 3 is 2.89 bits per heavy atom. The summed E-state index contributed by atoms with van der Waals surface area (Å²) < 4.78 is 5.15. The van der Waals surface area contributed by atoms with Crippen LogP contribution in [0.1, 0.15) is 38.4 Å². The number of nitrogens with two attached hydrogens (primary N) is 2. The van der Waals surface area contributed by atoms with E-state index in [4.69, 9.17) is 16.0 Å². The van der Waals surface area contributed by atoms with Gasteiger partial charge in [-0.15, -0.1) is 0 Å². The van der Waals surface area contributed by atoms with E-state index in [9.17, 15) is 4.79 Å². The highest BCUT2D eigenvalue weighted by molar-refractivity contribution is 5.80. The monoisotopic (exact) mass is 253 g/mol. The molecule has 1 saturated heterocycles. The normalized spacial score (nSPS) is 21.4. The first-order chi connectivity index (χ1) is 8.38. The average Bonchev–Trinajstić information content (AvgIpc) is 2.85. The fourth-order valence-electron chi connectivity index (χ4n) is 2.09. The molecule has 0 bridgehead atoms. The Bertz CT molecular complexity index is 437. The number of carbonyl (C=O) groups is 1. The lowest BCUT2D eigenvalue weighted by atomic mass is 10.1. The minimum absolute atomic E-state index is 0.230. The van der Waals surface area contributed by atoms with Crippen molar-refractivity contribution < 1.29 is 9.32 Å².